The van der Waals surface area contributed by atoms with Gasteiger partial charge in [0.2, 0.25) is 5.95 Å². The molecule has 11 heteroatoms. The molecule has 1 aromatic carbocycles. The summed E-state index contributed by atoms with van der Waals surface area (Å²) >= 11 is 0. The van der Waals surface area contributed by atoms with Crippen molar-refractivity contribution in [2.24, 2.45) is 5.92 Å². The number of pyridine rings is 1. The number of β-amino-alcohol motifs (C(OH)–C–C–N with tert-alkyl or cyclic N) is 1. The highest BCUT2D eigenvalue weighted by molar-refractivity contribution is 7.90. The Kier molecular flexibility index (Phi) is 7.43. The van der Waals surface area contributed by atoms with E-state index in [1.165, 1.54) is 11.8 Å². The van der Waals surface area contributed by atoms with Gasteiger partial charge in [0.15, 0.2) is 0 Å². The molecule has 2 saturated heterocycles. The molecule has 5 rings (SSSR count). The maximum absolute atomic E-state index is 11.7. The lowest BCUT2D eigenvalue weighted by molar-refractivity contribution is -0.0219. The number of rotatable bonds is 8. The van der Waals surface area contributed by atoms with E-state index in [9.17, 15) is 13.5 Å². The van der Waals surface area contributed by atoms with Crippen LogP contribution in [0.1, 0.15) is 31.7 Å². The minimum Gasteiger partial charge on any atom is -0.389 e. The van der Waals surface area contributed by atoms with Gasteiger partial charge >= 0.3 is 0 Å². The first-order chi connectivity index (χ1) is 18.1. The molecule has 0 aliphatic carbocycles. The van der Waals surface area contributed by atoms with Gasteiger partial charge in [-0.15, -0.1) is 0 Å². The third-order valence-electron chi connectivity index (χ3n) is 7.37. The molecule has 0 radical (unpaired) electrons. The first-order valence-corrected chi connectivity index (χ1v) is 15.1. The SMILES string of the molecule is CO[C@@H]1CCN(c2nccc(Nc3cc4c(C(C)C)ccc(N5CC(CS(C)(=O)=O)C5)c4cn3)n2)C[C@@H]1O. The highest BCUT2D eigenvalue weighted by Gasteiger charge is 2.31. The van der Waals surface area contributed by atoms with Crippen molar-refractivity contribution in [2.45, 2.75) is 38.4 Å². The Morgan fingerprint density at radius 3 is 2.58 bits per heavy atom. The van der Waals surface area contributed by atoms with E-state index in [2.05, 4.69) is 52.2 Å². The maximum Gasteiger partial charge on any atom is 0.227 e. The Morgan fingerprint density at radius 2 is 1.89 bits per heavy atom. The number of aliphatic hydroxyl groups excluding tert-OH is 1. The number of nitrogens with one attached hydrogen (secondary N) is 1. The van der Waals surface area contributed by atoms with Gasteiger partial charge in [0.1, 0.15) is 21.5 Å². The van der Waals surface area contributed by atoms with Crippen molar-refractivity contribution < 1.29 is 18.3 Å². The Hall–Kier alpha value is -3.02. The van der Waals surface area contributed by atoms with E-state index in [1.54, 1.807) is 19.4 Å². The van der Waals surface area contributed by atoms with Crippen molar-refractivity contribution in [3.63, 3.8) is 0 Å². The average molecular weight is 541 g/mol. The summed E-state index contributed by atoms with van der Waals surface area (Å²) in [4.78, 5) is 18.0. The van der Waals surface area contributed by atoms with E-state index in [0.29, 0.717) is 43.0 Å². The number of sulfone groups is 1. The third-order valence-corrected chi connectivity index (χ3v) is 8.45. The fourth-order valence-corrected chi connectivity index (χ4v) is 6.53. The smallest absolute Gasteiger partial charge is 0.227 e. The minimum absolute atomic E-state index is 0.159. The molecule has 2 fully saturated rings. The number of ether oxygens (including phenoxy) is 1. The van der Waals surface area contributed by atoms with Gasteiger partial charge in [-0.25, -0.2) is 18.4 Å². The number of hydrogen-bond donors (Lipinski definition) is 2. The Balaban J connectivity index is 1.37. The topological polar surface area (TPSA) is 121 Å². The molecular formula is C27H36N6O4S. The van der Waals surface area contributed by atoms with E-state index in [4.69, 9.17) is 9.72 Å². The molecule has 0 amide bonds. The number of piperidine rings is 1. The van der Waals surface area contributed by atoms with Crippen molar-refractivity contribution >= 4 is 43.9 Å². The van der Waals surface area contributed by atoms with Crippen LogP contribution in [-0.4, -0.2) is 86.0 Å². The van der Waals surface area contributed by atoms with Gasteiger partial charge in [-0.05, 0) is 41.5 Å². The summed E-state index contributed by atoms with van der Waals surface area (Å²) in [7, 11) is -1.36. The number of methoxy groups -OCH3 is 1. The van der Waals surface area contributed by atoms with Crippen molar-refractivity contribution in [3.05, 3.63) is 42.2 Å². The molecular weight excluding hydrogens is 504 g/mol. The second kappa shape index (κ2) is 10.6. The summed E-state index contributed by atoms with van der Waals surface area (Å²) in [6.45, 7) is 6.91. The van der Waals surface area contributed by atoms with E-state index >= 15 is 0 Å². The fourth-order valence-electron chi connectivity index (χ4n) is 5.46. The van der Waals surface area contributed by atoms with Crippen molar-refractivity contribution in [1.82, 2.24) is 15.0 Å². The van der Waals surface area contributed by atoms with Gasteiger partial charge in [0.05, 0.1) is 18.0 Å². The zero-order chi connectivity index (χ0) is 27.0. The summed E-state index contributed by atoms with van der Waals surface area (Å²) in [5.41, 5.74) is 2.30. The lowest BCUT2D eigenvalue weighted by atomic mass is 9.93. The van der Waals surface area contributed by atoms with E-state index in [0.717, 1.165) is 29.5 Å². The van der Waals surface area contributed by atoms with Gasteiger partial charge < -0.3 is 25.0 Å². The molecule has 4 heterocycles. The highest BCUT2D eigenvalue weighted by atomic mass is 32.2. The lowest BCUT2D eigenvalue weighted by Crippen LogP contribution is -2.49. The number of nitrogens with zero attached hydrogens (tertiary/aromatic N) is 5. The van der Waals surface area contributed by atoms with E-state index in [-0.39, 0.29) is 17.8 Å². The first kappa shape index (κ1) is 26.6. The van der Waals surface area contributed by atoms with Crippen LogP contribution in [-0.2, 0) is 14.6 Å². The standard InChI is InChI=1S/C27H36N6O4S/c1-17(2)19-5-6-22(33-13-18(14-33)16-38(4,35)36)21-12-29-26(11-20(19)21)30-25-7-9-28-27(31-25)32-10-8-24(37-3)23(34)15-32/h5-7,9,11-12,17-18,23-24,34H,8,10,13-16H2,1-4H3,(H,28,29,30,31)/t23-,24+/m0/s1. The second-order valence-electron chi connectivity index (χ2n) is 10.8. The van der Waals surface area contributed by atoms with Gasteiger partial charge in [0, 0.05) is 68.9 Å². The van der Waals surface area contributed by atoms with Gasteiger partial charge in [-0.3, -0.25) is 0 Å². The lowest BCUT2D eigenvalue weighted by Gasteiger charge is -2.41. The Labute approximate surface area is 224 Å². The second-order valence-corrected chi connectivity index (χ2v) is 12.9. The van der Waals surface area contributed by atoms with Crippen LogP contribution < -0.4 is 15.1 Å². The van der Waals surface area contributed by atoms with Crippen LogP contribution >= 0.6 is 0 Å². The molecule has 0 unspecified atom stereocenters. The molecule has 204 valence electrons. The molecule has 0 saturated carbocycles. The molecule has 2 atom stereocenters. The van der Waals surface area contributed by atoms with Crippen LogP contribution in [0.4, 0.5) is 23.3 Å². The van der Waals surface area contributed by atoms with Crippen LogP contribution in [0, 0.1) is 5.92 Å². The van der Waals surface area contributed by atoms with Crippen LogP contribution in [0.3, 0.4) is 0 Å². The number of benzene rings is 1. The third kappa shape index (κ3) is 5.69. The summed E-state index contributed by atoms with van der Waals surface area (Å²) in [6, 6.07) is 8.14. The maximum atomic E-state index is 11.7. The predicted molar refractivity (Wildman–Crippen MR) is 150 cm³/mol. The number of hydrogen-bond acceptors (Lipinski definition) is 10. The molecule has 38 heavy (non-hydrogen) atoms. The molecule has 2 aromatic heterocycles. The Bertz CT molecular complexity index is 1410. The zero-order valence-corrected chi connectivity index (χ0v) is 23.1. The van der Waals surface area contributed by atoms with E-state index in [1.807, 2.05) is 11.1 Å². The highest BCUT2D eigenvalue weighted by Crippen LogP contribution is 2.37. The quantitative estimate of drug-likeness (QED) is 0.441. The molecule has 2 aliphatic rings. The average Bonchev–Trinajstić information content (AvgIpc) is 2.85. The van der Waals surface area contributed by atoms with Crippen LogP contribution in [0.25, 0.3) is 10.8 Å². The summed E-state index contributed by atoms with van der Waals surface area (Å²) < 4.78 is 28.7. The van der Waals surface area contributed by atoms with Crippen molar-refractivity contribution in [1.29, 1.82) is 0 Å². The van der Waals surface area contributed by atoms with Gasteiger partial charge in [-0.2, -0.15) is 4.98 Å². The summed E-state index contributed by atoms with van der Waals surface area (Å²) in [6.07, 6.45) is 4.83. The van der Waals surface area contributed by atoms with Crippen LogP contribution in [0.15, 0.2) is 36.7 Å². The van der Waals surface area contributed by atoms with E-state index < -0.39 is 15.9 Å². The minimum atomic E-state index is -2.98. The Morgan fingerprint density at radius 1 is 1.11 bits per heavy atom. The van der Waals surface area contributed by atoms with Crippen molar-refractivity contribution in [3.8, 4) is 0 Å². The largest absolute Gasteiger partial charge is 0.389 e. The molecule has 0 bridgehead atoms. The zero-order valence-electron chi connectivity index (χ0n) is 22.3. The predicted octanol–water partition coefficient (Wildman–Crippen LogP) is 2.96. The number of anilines is 4. The number of aromatic nitrogens is 3. The van der Waals surface area contributed by atoms with Crippen LogP contribution in [0.2, 0.25) is 0 Å². The summed E-state index contributed by atoms with van der Waals surface area (Å²) in [5, 5.41) is 15.8. The summed E-state index contributed by atoms with van der Waals surface area (Å²) in [5.74, 6) is 2.56. The molecule has 3 aromatic rings. The normalized spacial score (nSPS) is 20.7. The molecule has 2 aliphatic heterocycles. The molecule has 0 spiro atoms. The number of aliphatic hydroxyl groups is 1. The van der Waals surface area contributed by atoms with Crippen LogP contribution in [0.5, 0.6) is 0 Å². The van der Waals surface area contributed by atoms with Crippen molar-refractivity contribution in [2.75, 3.05) is 60.4 Å². The molecule has 2 N–H and O–H groups in total. The van der Waals surface area contributed by atoms with Gasteiger partial charge in [-0.1, -0.05) is 19.9 Å². The fraction of sp³-hybridized carbons (Fsp3) is 0.519. The van der Waals surface area contributed by atoms with Gasteiger partial charge in [0.25, 0.3) is 0 Å². The number of fused-ring (bicyclic) bond motifs is 1. The molecule has 10 nitrogen and oxygen atoms in total. The monoisotopic (exact) mass is 540 g/mol. The first-order valence-electron chi connectivity index (χ1n) is 13.0.